The molecule has 0 aromatic heterocycles. The van der Waals surface area contributed by atoms with E-state index in [4.69, 9.17) is 42.6 Å². The summed E-state index contributed by atoms with van der Waals surface area (Å²) in [5.74, 6) is 0. The van der Waals surface area contributed by atoms with Gasteiger partial charge in [0.1, 0.15) is 0 Å². The van der Waals surface area contributed by atoms with E-state index in [1.54, 1.807) is 7.11 Å². The van der Waals surface area contributed by atoms with Crippen molar-refractivity contribution in [3.05, 3.63) is 179 Å². The Morgan fingerprint density at radius 3 is 1.28 bits per heavy atom. The van der Waals surface area contributed by atoms with E-state index in [1.165, 1.54) is 0 Å². The standard InChI is InChI=1S/C47H51O10.C13H27.Sn/c1-49-47-45(54-31-38-25-15-6-16-26-38)43(52-29-36-21-11-4-12-22-36)40(33-55-47)57-46-41(48)44(53-30-37-23-13-5-14-24-37)42(51-28-35-19-9-3-10-20-35)39(56-46)32-50-27-34-17-7-2-8-18-34;1-4-7-10-13(11-8-5-2)12-9-6-3;/h2-26,33,39-48H,27-32H2,1H3;4-12H2,1-3H3;/t39-,40-,41+,42-,43+,44-,45-,46-,47-;;/m1../s1. The SMILES string of the molecule is CCCC[C](CCCC)(CCCC)[Sn][C@H]1O[C@@H](OC)[C@H](OCc2ccccc2)[C@@H](OCc2ccccc2)[C@@H]1O[C@H]1O[C@H](COCc2ccccc2)[C@@H](OCc2ccccc2)[C@H](OCc2ccccc2)[C@@H]1O. The van der Waals surface area contributed by atoms with E-state index in [0.29, 0.717) is 19.8 Å². The third kappa shape index (κ3) is 16.8. The van der Waals surface area contributed by atoms with Crippen LogP contribution in [-0.4, -0.2) is 99.4 Å². The molecule has 2 aliphatic rings. The molecule has 2 saturated heterocycles. The monoisotopic (exact) mass is 1080 g/mol. The topological polar surface area (TPSA) is 103 Å². The fourth-order valence-electron chi connectivity index (χ4n) is 9.69. The molecule has 0 bridgehead atoms. The Labute approximate surface area is 434 Å². The fraction of sp³-hybridized carbons (Fsp3) is 0.500. The van der Waals surface area contributed by atoms with Crippen LogP contribution in [0.3, 0.4) is 0 Å². The molecular formula is C60H78O10Sn. The van der Waals surface area contributed by atoms with Crippen molar-refractivity contribution in [3.63, 3.8) is 0 Å². The van der Waals surface area contributed by atoms with Crippen LogP contribution in [0.4, 0.5) is 0 Å². The molecule has 0 spiro atoms. The van der Waals surface area contributed by atoms with Crippen molar-refractivity contribution in [1.29, 1.82) is 0 Å². The molecule has 7 rings (SSSR count). The quantitative estimate of drug-likeness (QED) is 0.0447. The normalized spacial score (nSPS) is 24.7. The van der Waals surface area contributed by atoms with Crippen LogP contribution >= 0.6 is 0 Å². The van der Waals surface area contributed by atoms with Gasteiger partial charge in [-0.1, -0.05) is 12.1 Å². The second-order valence-electron chi connectivity index (χ2n) is 19.1. The van der Waals surface area contributed by atoms with Crippen molar-refractivity contribution in [3.8, 4) is 0 Å². The number of rotatable bonds is 30. The van der Waals surface area contributed by atoms with Crippen molar-refractivity contribution in [2.24, 2.45) is 0 Å². The molecule has 71 heavy (non-hydrogen) atoms. The first kappa shape index (κ1) is 55.3. The van der Waals surface area contributed by atoms with Crippen molar-refractivity contribution >= 4 is 21.1 Å². The molecule has 0 amide bonds. The van der Waals surface area contributed by atoms with Crippen LogP contribution < -0.4 is 0 Å². The molecule has 5 aromatic carbocycles. The average molecular weight is 1080 g/mol. The maximum absolute atomic E-state index is 12.9. The number of ether oxygens (including phenoxy) is 9. The molecule has 11 heteroatoms. The summed E-state index contributed by atoms with van der Waals surface area (Å²) in [5.41, 5.74) is 5.03. The minimum absolute atomic E-state index is 0.134. The van der Waals surface area contributed by atoms with Gasteiger partial charge in [0.05, 0.1) is 0 Å². The van der Waals surface area contributed by atoms with E-state index in [-0.39, 0.29) is 27.4 Å². The van der Waals surface area contributed by atoms with E-state index in [0.717, 1.165) is 85.6 Å². The van der Waals surface area contributed by atoms with Gasteiger partial charge in [0.15, 0.2) is 0 Å². The third-order valence-electron chi connectivity index (χ3n) is 13.6. The summed E-state index contributed by atoms with van der Waals surface area (Å²) in [4.78, 5) is 0. The molecule has 5 aromatic rings. The maximum atomic E-state index is 12.9. The van der Waals surface area contributed by atoms with Crippen LogP contribution in [0.15, 0.2) is 152 Å². The summed E-state index contributed by atoms with van der Waals surface area (Å²) >= 11 is -1.60. The number of methoxy groups -OCH3 is 1. The number of unbranched alkanes of at least 4 members (excludes halogenated alkanes) is 3. The number of aliphatic hydroxyl groups is 1. The Bertz CT molecular complexity index is 2130. The molecule has 10 nitrogen and oxygen atoms in total. The van der Waals surface area contributed by atoms with Crippen molar-refractivity contribution < 1.29 is 47.7 Å². The number of hydrogen-bond acceptors (Lipinski definition) is 10. The van der Waals surface area contributed by atoms with Gasteiger partial charge < -0.3 is 0 Å². The molecule has 0 aliphatic carbocycles. The average Bonchev–Trinajstić information content (AvgIpc) is 3.42. The van der Waals surface area contributed by atoms with Crippen LogP contribution in [0.25, 0.3) is 0 Å². The molecule has 2 fully saturated rings. The molecule has 1 N–H and O–H groups in total. The van der Waals surface area contributed by atoms with E-state index in [2.05, 4.69) is 45.0 Å². The molecule has 2 aliphatic heterocycles. The van der Waals surface area contributed by atoms with Crippen LogP contribution in [-0.2, 0) is 75.7 Å². The molecule has 2 heterocycles. The fourth-order valence-corrected chi connectivity index (χ4v) is 16.0. The van der Waals surface area contributed by atoms with Gasteiger partial charge in [0.25, 0.3) is 0 Å². The first-order valence-corrected chi connectivity index (χ1v) is 29.2. The molecule has 0 saturated carbocycles. The van der Waals surface area contributed by atoms with Gasteiger partial charge in [-0.25, -0.2) is 0 Å². The van der Waals surface area contributed by atoms with Gasteiger partial charge in [-0.15, -0.1) is 0 Å². The van der Waals surface area contributed by atoms with Gasteiger partial charge >= 0.3 is 424 Å². The van der Waals surface area contributed by atoms with Crippen LogP contribution in [0.1, 0.15) is 106 Å². The van der Waals surface area contributed by atoms with E-state index < -0.39 is 76.5 Å². The van der Waals surface area contributed by atoms with Crippen molar-refractivity contribution in [2.45, 2.75) is 174 Å². The van der Waals surface area contributed by atoms with Gasteiger partial charge in [-0.05, 0) is 0 Å². The first-order valence-electron chi connectivity index (χ1n) is 26.1. The summed E-state index contributed by atoms with van der Waals surface area (Å²) in [7, 11) is 1.69. The Morgan fingerprint density at radius 2 is 0.859 bits per heavy atom. The summed E-state index contributed by atoms with van der Waals surface area (Å²) in [6, 6.07) is 50.5. The second-order valence-corrected chi connectivity index (χ2v) is 24.6. The number of hydrogen-bond donors (Lipinski definition) is 1. The zero-order chi connectivity index (χ0) is 49.5. The Hall–Kier alpha value is -3.50. The van der Waals surface area contributed by atoms with E-state index in [1.807, 2.05) is 127 Å². The third-order valence-corrected chi connectivity index (χ3v) is 19.7. The predicted molar refractivity (Wildman–Crippen MR) is 278 cm³/mol. The molecule has 382 valence electrons. The van der Waals surface area contributed by atoms with Gasteiger partial charge in [-0.2, -0.15) is 0 Å². The Balaban J connectivity index is 1.29. The van der Waals surface area contributed by atoms with Crippen LogP contribution in [0.5, 0.6) is 0 Å². The summed E-state index contributed by atoms with van der Waals surface area (Å²) in [6.07, 6.45) is 2.68. The van der Waals surface area contributed by atoms with Crippen LogP contribution in [0, 0.1) is 0 Å². The molecule has 10 atom stereocenters. The molecular weight excluding hydrogens is 999 g/mol. The van der Waals surface area contributed by atoms with Gasteiger partial charge in [-0.3, -0.25) is 0 Å². The van der Waals surface area contributed by atoms with Crippen molar-refractivity contribution in [2.75, 3.05) is 13.7 Å². The number of aliphatic hydroxyl groups excluding tert-OH is 1. The number of benzene rings is 5. The minimum atomic E-state index is -1.60. The summed E-state index contributed by atoms with van der Waals surface area (Å²) in [6.45, 7) is 8.52. The van der Waals surface area contributed by atoms with Crippen LogP contribution in [0.2, 0.25) is 3.43 Å². The Kier molecular flexibility index (Phi) is 23.4. The van der Waals surface area contributed by atoms with Gasteiger partial charge in [0, 0.05) is 0 Å². The first-order chi connectivity index (χ1) is 34.9. The zero-order valence-electron chi connectivity index (χ0n) is 42.4. The van der Waals surface area contributed by atoms with E-state index in [9.17, 15) is 5.11 Å². The summed E-state index contributed by atoms with van der Waals surface area (Å²) < 4.78 is 62.1. The summed E-state index contributed by atoms with van der Waals surface area (Å²) in [5, 5.41) is 12.9. The predicted octanol–water partition coefficient (Wildman–Crippen LogP) is 11.8. The van der Waals surface area contributed by atoms with Gasteiger partial charge in [0.2, 0.25) is 0 Å². The molecule has 0 unspecified atom stereocenters. The Morgan fingerprint density at radius 1 is 0.465 bits per heavy atom. The molecule has 2 radical (unpaired) electrons. The van der Waals surface area contributed by atoms with Crippen molar-refractivity contribution in [1.82, 2.24) is 0 Å². The second kappa shape index (κ2) is 30.0. The zero-order valence-corrected chi connectivity index (χ0v) is 45.3. The van der Waals surface area contributed by atoms with E-state index >= 15 is 0 Å².